The number of halogens is 3. The summed E-state index contributed by atoms with van der Waals surface area (Å²) in [5.41, 5.74) is 1.40. The van der Waals surface area contributed by atoms with Crippen LogP contribution in [0.25, 0.3) is 0 Å². The van der Waals surface area contributed by atoms with Crippen LogP contribution in [0.3, 0.4) is 0 Å². The standard InChI is InChI=1S/C18H15Cl3N2O2/c19-13-6-4-11(5-7-13)9-22-18(25)12-8-16(24)23(10-12)17-14(20)2-1-3-15(17)21/h1-7,12H,8-10H2,(H,22,25). The summed E-state index contributed by atoms with van der Waals surface area (Å²) in [7, 11) is 0. The number of anilines is 1. The SMILES string of the molecule is O=C(NCc1ccc(Cl)cc1)C1CC(=O)N(c2c(Cl)cccc2Cl)C1. The lowest BCUT2D eigenvalue weighted by molar-refractivity contribution is -0.126. The molecule has 1 saturated heterocycles. The molecular formula is C18H15Cl3N2O2. The molecule has 1 aliphatic rings. The maximum absolute atomic E-state index is 12.4. The van der Waals surface area contributed by atoms with Crippen LogP contribution in [0.15, 0.2) is 42.5 Å². The van der Waals surface area contributed by atoms with Crippen molar-refractivity contribution in [1.29, 1.82) is 0 Å². The van der Waals surface area contributed by atoms with Crippen molar-refractivity contribution in [2.75, 3.05) is 11.4 Å². The average Bonchev–Trinajstić information content (AvgIpc) is 2.96. The maximum Gasteiger partial charge on any atom is 0.227 e. The van der Waals surface area contributed by atoms with E-state index in [0.717, 1.165) is 5.56 Å². The zero-order valence-corrected chi connectivity index (χ0v) is 15.4. The van der Waals surface area contributed by atoms with Crippen molar-refractivity contribution in [1.82, 2.24) is 5.32 Å². The van der Waals surface area contributed by atoms with E-state index in [-0.39, 0.29) is 24.8 Å². The van der Waals surface area contributed by atoms with E-state index in [2.05, 4.69) is 5.32 Å². The molecule has 0 saturated carbocycles. The van der Waals surface area contributed by atoms with Crippen molar-refractivity contribution in [2.24, 2.45) is 5.92 Å². The number of benzene rings is 2. The van der Waals surface area contributed by atoms with Gasteiger partial charge in [-0.3, -0.25) is 9.59 Å². The van der Waals surface area contributed by atoms with Crippen molar-refractivity contribution >= 4 is 52.3 Å². The zero-order valence-electron chi connectivity index (χ0n) is 13.1. The highest BCUT2D eigenvalue weighted by Crippen LogP contribution is 2.37. The molecule has 4 nitrogen and oxygen atoms in total. The fourth-order valence-electron chi connectivity index (χ4n) is 2.78. The summed E-state index contributed by atoms with van der Waals surface area (Å²) in [5, 5.41) is 4.28. The van der Waals surface area contributed by atoms with E-state index in [4.69, 9.17) is 34.8 Å². The monoisotopic (exact) mass is 396 g/mol. The van der Waals surface area contributed by atoms with Crippen LogP contribution in [0.1, 0.15) is 12.0 Å². The highest BCUT2D eigenvalue weighted by Gasteiger charge is 2.36. The largest absolute Gasteiger partial charge is 0.352 e. The van der Waals surface area contributed by atoms with E-state index in [9.17, 15) is 9.59 Å². The molecule has 2 amide bonds. The minimum atomic E-state index is -0.438. The quantitative estimate of drug-likeness (QED) is 0.835. The Kier molecular flexibility index (Phi) is 5.52. The maximum atomic E-state index is 12.4. The lowest BCUT2D eigenvalue weighted by atomic mass is 10.1. The van der Waals surface area contributed by atoms with Gasteiger partial charge in [-0.1, -0.05) is 53.0 Å². The Balaban J connectivity index is 1.65. The molecule has 7 heteroatoms. The van der Waals surface area contributed by atoms with Gasteiger partial charge in [-0.25, -0.2) is 0 Å². The molecule has 3 rings (SSSR count). The van der Waals surface area contributed by atoms with Gasteiger partial charge in [0, 0.05) is 24.5 Å². The van der Waals surface area contributed by atoms with Crippen molar-refractivity contribution in [3.05, 3.63) is 63.1 Å². The highest BCUT2D eigenvalue weighted by atomic mass is 35.5. The molecule has 0 radical (unpaired) electrons. The first kappa shape index (κ1) is 18.1. The number of nitrogens with zero attached hydrogens (tertiary/aromatic N) is 1. The van der Waals surface area contributed by atoms with Gasteiger partial charge >= 0.3 is 0 Å². The molecular weight excluding hydrogens is 383 g/mol. The zero-order chi connectivity index (χ0) is 18.0. The Morgan fingerprint density at radius 1 is 1.08 bits per heavy atom. The van der Waals surface area contributed by atoms with Crippen molar-refractivity contribution in [2.45, 2.75) is 13.0 Å². The van der Waals surface area contributed by atoms with Crippen LogP contribution in [0.4, 0.5) is 5.69 Å². The highest BCUT2D eigenvalue weighted by molar-refractivity contribution is 6.40. The van der Waals surface area contributed by atoms with Crippen LogP contribution < -0.4 is 10.2 Å². The Bertz CT molecular complexity index is 788. The molecule has 130 valence electrons. The molecule has 1 fully saturated rings. The molecule has 2 aromatic rings. The number of nitrogens with one attached hydrogen (secondary N) is 1. The number of hydrogen-bond donors (Lipinski definition) is 1. The number of hydrogen-bond acceptors (Lipinski definition) is 2. The van der Waals surface area contributed by atoms with E-state index in [0.29, 0.717) is 27.3 Å². The van der Waals surface area contributed by atoms with Gasteiger partial charge < -0.3 is 10.2 Å². The Morgan fingerprint density at radius 3 is 2.36 bits per heavy atom. The number of para-hydroxylation sites is 1. The summed E-state index contributed by atoms with van der Waals surface area (Å²) in [4.78, 5) is 26.2. The first-order valence-electron chi connectivity index (χ1n) is 7.72. The predicted octanol–water partition coefficient (Wildman–Crippen LogP) is 4.32. The molecule has 0 aliphatic carbocycles. The molecule has 0 spiro atoms. The van der Waals surface area contributed by atoms with E-state index in [1.54, 1.807) is 30.3 Å². The Labute approximate surface area is 160 Å². The van der Waals surface area contributed by atoms with Gasteiger partial charge in [0.05, 0.1) is 21.7 Å². The molecule has 1 N–H and O–H groups in total. The molecule has 2 aromatic carbocycles. The molecule has 1 aliphatic heterocycles. The number of carbonyl (C=O) groups excluding carboxylic acids is 2. The second-order valence-corrected chi connectivity index (χ2v) is 7.07. The summed E-state index contributed by atoms with van der Waals surface area (Å²) in [6.07, 6.45) is 0.133. The van der Waals surface area contributed by atoms with Crippen molar-refractivity contribution < 1.29 is 9.59 Å². The van der Waals surface area contributed by atoms with Crippen LogP contribution in [0.2, 0.25) is 15.1 Å². The van der Waals surface area contributed by atoms with Gasteiger partial charge in [0.15, 0.2) is 0 Å². The van der Waals surface area contributed by atoms with E-state index >= 15 is 0 Å². The molecule has 1 atom stereocenters. The topological polar surface area (TPSA) is 49.4 Å². The third-order valence-electron chi connectivity index (χ3n) is 4.08. The summed E-state index contributed by atoms with van der Waals surface area (Å²) in [6.45, 7) is 0.641. The van der Waals surface area contributed by atoms with Gasteiger partial charge in [-0.15, -0.1) is 0 Å². The second-order valence-electron chi connectivity index (χ2n) is 5.82. The fourth-order valence-corrected chi connectivity index (χ4v) is 3.51. The van der Waals surface area contributed by atoms with E-state index < -0.39 is 5.92 Å². The minimum absolute atomic E-state index is 0.133. The minimum Gasteiger partial charge on any atom is -0.352 e. The number of carbonyl (C=O) groups is 2. The van der Waals surface area contributed by atoms with Crippen LogP contribution in [0, 0.1) is 5.92 Å². The van der Waals surface area contributed by atoms with Gasteiger partial charge in [0.1, 0.15) is 0 Å². The van der Waals surface area contributed by atoms with E-state index in [1.165, 1.54) is 4.90 Å². The predicted molar refractivity (Wildman–Crippen MR) is 100 cm³/mol. The van der Waals surface area contributed by atoms with Crippen LogP contribution >= 0.6 is 34.8 Å². The lowest BCUT2D eigenvalue weighted by Crippen LogP contribution is -2.32. The molecule has 25 heavy (non-hydrogen) atoms. The van der Waals surface area contributed by atoms with Gasteiger partial charge in [0.25, 0.3) is 0 Å². The summed E-state index contributed by atoms with van der Waals surface area (Å²) >= 11 is 18.2. The smallest absolute Gasteiger partial charge is 0.227 e. The third kappa shape index (κ3) is 4.09. The van der Waals surface area contributed by atoms with Crippen LogP contribution in [-0.4, -0.2) is 18.4 Å². The van der Waals surface area contributed by atoms with Crippen LogP contribution in [-0.2, 0) is 16.1 Å². The Morgan fingerprint density at radius 2 is 1.72 bits per heavy atom. The first-order chi connectivity index (χ1) is 12.0. The second kappa shape index (κ2) is 7.65. The summed E-state index contributed by atoms with van der Waals surface area (Å²) < 4.78 is 0. The van der Waals surface area contributed by atoms with Crippen molar-refractivity contribution in [3.63, 3.8) is 0 Å². The number of rotatable bonds is 4. The molecule has 1 unspecified atom stereocenters. The molecule has 0 aromatic heterocycles. The van der Waals surface area contributed by atoms with Gasteiger partial charge in [0.2, 0.25) is 11.8 Å². The first-order valence-corrected chi connectivity index (χ1v) is 8.85. The van der Waals surface area contributed by atoms with Crippen LogP contribution in [0.5, 0.6) is 0 Å². The molecule has 0 bridgehead atoms. The summed E-state index contributed by atoms with van der Waals surface area (Å²) in [5.74, 6) is -0.775. The van der Waals surface area contributed by atoms with Gasteiger partial charge in [-0.05, 0) is 29.8 Å². The van der Waals surface area contributed by atoms with E-state index in [1.807, 2.05) is 12.1 Å². The van der Waals surface area contributed by atoms with Crippen molar-refractivity contribution in [3.8, 4) is 0 Å². The normalized spacial score (nSPS) is 17.0. The summed E-state index contributed by atoms with van der Waals surface area (Å²) in [6, 6.07) is 12.3. The fraction of sp³-hybridized carbons (Fsp3) is 0.222. The lowest BCUT2D eigenvalue weighted by Gasteiger charge is -2.19. The third-order valence-corrected chi connectivity index (χ3v) is 4.95. The number of amides is 2. The molecule has 1 heterocycles. The van der Waals surface area contributed by atoms with Gasteiger partial charge in [-0.2, -0.15) is 0 Å². The Hall–Kier alpha value is -1.75. The average molecular weight is 398 g/mol.